The van der Waals surface area contributed by atoms with Gasteiger partial charge in [0.05, 0.1) is 6.61 Å². The maximum absolute atomic E-state index is 9.49. The Balaban J connectivity index is 1.91. The van der Waals surface area contributed by atoms with Crippen LogP contribution in [0, 0.1) is 0 Å². The lowest BCUT2D eigenvalue weighted by Gasteiger charge is -2.15. The third kappa shape index (κ3) is 4.00. The molecule has 0 spiro atoms. The molecular weight excluding hydrogens is 250 g/mol. The van der Waals surface area contributed by atoms with Crippen molar-refractivity contribution < 1.29 is 9.84 Å². The molecule has 0 radical (unpaired) electrons. The molecule has 0 bridgehead atoms. The summed E-state index contributed by atoms with van der Waals surface area (Å²) in [6.45, 7) is 5.53. The first-order valence-electron chi connectivity index (χ1n) is 6.93. The van der Waals surface area contributed by atoms with Crippen LogP contribution < -0.4 is 10.1 Å². The maximum atomic E-state index is 9.49. The highest BCUT2D eigenvalue weighted by Crippen LogP contribution is 2.18. The largest absolute Gasteiger partial charge is 0.508 e. The molecule has 1 unspecified atom stereocenters. The van der Waals surface area contributed by atoms with Crippen molar-refractivity contribution in [3.05, 3.63) is 59.7 Å². The highest BCUT2D eigenvalue weighted by molar-refractivity contribution is 5.30. The van der Waals surface area contributed by atoms with E-state index in [1.165, 1.54) is 5.56 Å². The molecule has 2 rings (SSSR count). The molecule has 20 heavy (non-hydrogen) atoms. The quantitative estimate of drug-likeness (QED) is 0.842. The van der Waals surface area contributed by atoms with Crippen LogP contribution in [0.15, 0.2) is 48.5 Å². The zero-order valence-electron chi connectivity index (χ0n) is 12.0. The lowest BCUT2D eigenvalue weighted by atomic mass is 10.1. The molecule has 2 N–H and O–H groups in total. The van der Waals surface area contributed by atoms with Crippen molar-refractivity contribution in [3.8, 4) is 11.5 Å². The van der Waals surface area contributed by atoms with Crippen LogP contribution in [0.2, 0.25) is 0 Å². The molecule has 2 aromatic rings. The number of rotatable bonds is 6. The van der Waals surface area contributed by atoms with E-state index in [4.69, 9.17) is 4.74 Å². The number of aromatic hydroxyl groups is 1. The van der Waals surface area contributed by atoms with Gasteiger partial charge in [0.1, 0.15) is 11.5 Å². The minimum atomic E-state index is 0.189. The van der Waals surface area contributed by atoms with Crippen LogP contribution in [0.1, 0.15) is 31.0 Å². The van der Waals surface area contributed by atoms with Crippen molar-refractivity contribution in [1.82, 2.24) is 5.32 Å². The monoisotopic (exact) mass is 271 g/mol. The smallest absolute Gasteiger partial charge is 0.119 e. The van der Waals surface area contributed by atoms with Crippen LogP contribution in [0.3, 0.4) is 0 Å². The fourth-order valence-corrected chi connectivity index (χ4v) is 2.05. The molecular formula is C17H21NO2. The predicted octanol–water partition coefficient (Wildman–Crippen LogP) is 3.64. The molecule has 1 atom stereocenters. The lowest BCUT2D eigenvalue weighted by molar-refractivity contribution is 0.340. The molecule has 0 saturated heterocycles. The third-order valence-corrected chi connectivity index (χ3v) is 3.22. The predicted molar refractivity (Wildman–Crippen MR) is 81.0 cm³/mol. The van der Waals surface area contributed by atoms with Crippen LogP contribution in [0.4, 0.5) is 0 Å². The molecule has 2 aromatic carbocycles. The summed E-state index contributed by atoms with van der Waals surface area (Å²) < 4.78 is 5.42. The second-order valence-corrected chi connectivity index (χ2v) is 4.77. The maximum Gasteiger partial charge on any atom is 0.119 e. The average molecular weight is 271 g/mol. The van der Waals surface area contributed by atoms with Gasteiger partial charge in [-0.25, -0.2) is 0 Å². The van der Waals surface area contributed by atoms with Gasteiger partial charge in [-0.3, -0.25) is 0 Å². The zero-order chi connectivity index (χ0) is 14.4. The summed E-state index contributed by atoms with van der Waals surface area (Å²) in [5.41, 5.74) is 2.29. The number of phenolic OH excluding ortho intramolecular Hbond substituents is 1. The van der Waals surface area contributed by atoms with E-state index in [0.29, 0.717) is 12.4 Å². The second-order valence-electron chi connectivity index (χ2n) is 4.77. The van der Waals surface area contributed by atoms with Crippen molar-refractivity contribution in [2.24, 2.45) is 0 Å². The van der Waals surface area contributed by atoms with Crippen LogP contribution in [0.5, 0.6) is 11.5 Å². The first-order chi connectivity index (χ1) is 9.69. The van der Waals surface area contributed by atoms with Gasteiger partial charge < -0.3 is 15.2 Å². The van der Waals surface area contributed by atoms with Crippen molar-refractivity contribution in [2.45, 2.75) is 26.4 Å². The molecule has 0 amide bonds. The SMILES string of the molecule is CCOc1ccc(CNC(C)c2cccc(O)c2)cc1. The fraction of sp³-hybridized carbons (Fsp3) is 0.294. The first kappa shape index (κ1) is 14.4. The summed E-state index contributed by atoms with van der Waals surface area (Å²) in [4.78, 5) is 0. The molecule has 0 heterocycles. The van der Waals surface area contributed by atoms with Gasteiger partial charge in [0.25, 0.3) is 0 Å². The summed E-state index contributed by atoms with van der Waals surface area (Å²) >= 11 is 0. The van der Waals surface area contributed by atoms with Crippen molar-refractivity contribution in [2.75, 3.05) is 6.61 Å². The topological polar surface area (TPSA) is 41.5 Å². The molecule has 0 aliphatic heterocycles. The number of ether oxygens (including phenoxy) is 1. The van der Waals surface area contributed by atoms with E-state index in [1.807, 2.05) is 31.2 Å². The second kappa shape index (κ2) is 6.96. The van der Waals surface area contributed by atoms with Crippen LogP contribution in [-0.4, -0.2) is 11.7 Å². The van der Waals surface area contributed by atoms with Crippen molar-refractivity contribution in [3.63, 3.8) is 0 Å². The standard InChI is InChI=1S/C17H21NO2/c1-3-20-17-9-7-14(8-10-17)12-18-13(2)15-5-4-6-16(19)11-15/h4-11,13,18-19H,3,12H2,1-2H3. The molecule has 0 saturated carbocycles. The molecule has 3 heteroatoms. The van der Waals surface area contributed by atoms with Crippen molar-refractivity contribution >= 4 is 0 Å². The Morgan fingerprint density at radius 1 is 1.15 bits per heavy atom. The number of phenols is 1. The Morgan fingerprint density at radius 3 is 2.55 bits per heavy atom. The molecule has 0 fully saturated rings. The Kier molecular flexibility index (Phi) is 5.02. The van der Waals surface area contributed by atoms with E-state index in [-0.39, 0.29) is 6.04 Å². The number of nitrogens with one attached hydrogen (secondary N) is 1. The number of hydrogen-bond donors (Lipinski definition) is 2. The molecule has 3 nitrogen and oxygen atoms in total. The number of hydrogen-bond acceptors (Lipinski definition) is 3. The Bertz CT molecular complexity index is 537. The minimum absolute atomic E-state index is 0.189. The van der Waals surface area contributed by atoms with Crippen LogP contribution >= 0.6 is 0 Å². The molecule has 106 valence electrons. The highest BCUT2D eigenvalue weighted by atomic mass is 16.5. The van der Waals surface area contributed by atoms with Gasteiger partial charge in [-0.1, -0.05) is 24.3 Å². The van der Waals surface area contributed by atoms with Gasteiger partial charge in [-0.05, 0) is 49.2 Å². The third-order valence-electron chi connectivity index (χ3n) is 3.22. The Morgan fingerprint density at radius 2 is 1.90 bits per heavy atom. The average Bonchev–Trinajstić information content (AvgIpc) is 2.46. The Hall–Kier alpha value is -2.00. The normalized spacial score (nSPS) is 12.1. The van der Waals surface area contributed by atoms with E-state index in [2.05, 4.69) is 24.4 Å². The summed E-state index contributed by atoms with van der Waals surface area (Å²) in [6, 6.07) is 15.6. The van der Waals surface area contributed by atoms with E-state index >= 15 is 0 Å². The number of benzene rings is 2. The summed E-state index contributed by atoms with van der Waals surface area (Å²) in [6.07, 6.45) is 0. The summed E-state index contributed by atoms with van der Waals surface area (Å²) in [7, 11) is 0. The van der Waals surface area contributed by atoms with E-state index in [1.54, 1.807) is 12.1 Å². The van der Waals surface area contributed by atoms with E-state index in [9.17, 15) is 5.11 Å². The van der Waals surface area contributed by atoms with Crippen molar-refractivity contribution in [1.29, 1.82) is 0 Å². The van der Waals surface area contributed by atoms with Gasteiger partial charge in [-0.2, -0.15) is 0 Å². The summed E-state index contributed by atoms with van der Waals surface area (Å²) in [5, 5.41) is 12.9. The lowest BCUT2D eigenvalue weighted by Crippen LogP contribution is -2.17. The first-order valence-corrected chi connectivity index (χ1v) is 6.93. The molecule has 0 aromatic heterocycles. The zero-order valence-corrected chi connectivity index (χ0v) is 12.0. The van der Waals surface area contributed by atoms with Crippen LogP contribution in [-0.2, 0) is 6.54 Å². The fourth-order valence-electron chi connectivity index (χ4n) is 2.05. The Labute approximate surface area is 120 Å². The minimum Gasteiger partial charge on any atom is -0.508 e. The van der Waals surface area contributed by atoms with Gasteiger partial charge in [0, 0.05) is 12.6 Å². The van der Waals surface area contributed by atoms with Crippen LogP contribution in [0.25, 0.3) is 0 Å². The van der Waals surface area contributed by atoms with Gasteiger partial charge >= 0.3 is 0 Å². The van der Waals surface area contributed by atoms with Gasteiger partial charge in [0.15, 0.2) is 0 Å². The summed E-state index contributed by atoms with van der Waals surface area (Å²) in [5.74, 6) is 1.20. The highest BCUT2D eigenvalue weighted by Gasteiger charge is 2.05. The van der Waals surface area contributed by atoms with E-state index < -0.39 is 0 Å². The molecule has 0 aliphatic rings. The molecule has 0 aliphatic carbocycles. The van der Waals surface area contributed by atoms with Gasteiger partial charge in [-0.15, -0.1) is 0 Å². The van der Waals surface area contributed by atoms with E-state index in [0.717, 1.165) is 17.9 Å². The van der Waals surface area contributed by atoms with Gasteiger partial charge in [0.2, 0.25) is 0 Å².